The van der Waals surface area contributed by atoms with E-state index in [1.165, 1.54) is 5.56 Å². The van der Waals surface area contributed by atoms with Crippen molar-refractivity contribution in [2.75, 3.05) is 13.2 Å². The molecule has 3 aromatic rings. The molecule has 0 amide bonds. The Hall–Kier alpha value is -2.43. The molecular weight excluding hydrogens is 324 g/mol. The standard InChI is InChI=1S/C22H26N2O2/c1-3-17-9-10-21-19(13-17)22(26)20(16(2)23-21)15-24(11-12-25)14-18-7-5-4-6-8-18/h4-10,13,25H,3,11-12,14-15H2,1-2H3,(H,23,26). The number of H-pyrrole nitrogens is 1. The Balaban J connectivity index is 1.95. The summed E-state index contributed by atoms with van der Waals surface area (Å²) < 4.78 is 0. The fourth-order valence-corrected chi connectivity index (χ4v) is 3.33. The number of rotatable bonds is 7. The molecule has 0 aliphatic heterocycles. The van der Waals surface area contributed by atoms with Gasteiger partial charge >= 0.3 is 0 Å². The van der Waals surface area contributed by atoms with Crippen LogP contribution in [0.25, 0.3) is 10.9 Å². The highest BCUT2D eigenvalue weighted by Gasteiger charge is 2.14. The second-order valence-electron chi connectivity index (χ2n) is 6.71. The van der Waals surface area contributed by atoms with Crippen LogP contribution in [0, 0.1) is 6.92 Å². The number of aromatic amines is 1. The van der Waals surface area contributed by atoms with Crippen molar-refractivity contribution < 1.29 is 5.11 Å². The molecule has 26 heavy (non-hydrogen) atoms. The number of aryl methyl sites for hydroxylation is 2. The summed E-state index contributed by atoms with van der Waals surface area (Å²) in [5, 5.41) is 10.2. The molecule has 0 atom stereocenters. The second-order valence-corrected chi connectivity index (χ2v) is 6.71. The van der Waals surface area contributed by atoms with Crippen LogP contribution in [-0.2, 0) is 19.5 Å². The first-order valence-electron chi connectivity index (χ1n) is 9.14. The van der Waals surface area contributed by atoms with Crippen LogP contribution >= 0.6 is 0 Å². The lowest BCUT2D eigenvalue weighted by atomic mass is 10.0. The summed E-state index contributed by atoms with van der Waals surface area (Å²) in [5.41, 5.74) is 4.96. The van der Waals surface area contributed by atoms with E-state index in [-0.39, 0.29) is 12.0 Å². The molecule has 0 spiro atoms. The maximum absolute atomic E-state index is 13.1. The van der Waals surface area contributed by atoms with Gasteiger partial charge in [-0.2, -0.15) is 0 Å². The van der Waals surface area contributed by atoms with Gasteiger partial charge in [-0.05, 0) is 36.6 Å². The summed E-state index contributed by atoms with van der Waals surface area (Å²) in [6, 6.07) is 16.2. The molecule has 0 saturated heterocycles. The number of hydrogen-bond donors (Lipinski definition) is 2. The fraction of sp³-hybridized carbons (Fsp3) is 0.318. The number of nitrogens with one attached hydrogen (secondary N) is 1. The molecule has 0 aliphatic rings. The Bertz CT molecular complexity index is 932. The Labute approximate surface area is 154 Å². The number of aromatic nitrogens is 1. The Morgan fingerprint density at radius 3 is 2.50 bits per heavy atom. The molecule has 2 N–H and O–H groups in total. The zero-order valence-electron chi connectivity index (χ0n) is 15.5. The highest BCUT2D eigenvalue weighted by molar-refractivity contribution is 5.80. The van der Waals surface area contributed by atoms with Crippen molar-refractivity contribution in [2.45, 2.75) is 33.4 Å². The van der Waals surface area contributed by atoms with Gasteiger partial charge < -0.3 is 10.1 Å². The normalized spacial score (nSPS) is 11.4. The molecule has 0 fully saturated rings. The van der Waals surface area contributed by atoms with Crippen LogP contribution in [0.1, 0.15) is 29.3 Å². The number of nitrogens with zero attached hydrogens (tertiary/aromatic N) is 1. The second kappa shape index (κ2) is 8.30. The average molecular weight is 350 g/mol. The molecule has 1 heterocycles. The van der Waals surface area contributed by atoms with E-state index in [0.29, 0.717) is 19.6 Å². The third kappa shape index (κ3) is 4.03. The summed E-state index contributed by atoms with van der Waals surface area (Å²) in [6.07, 6.45) is 0.906. The monoisotopic (exact) mass is 350 g/mol. The molecule has 4 nitrogen and oxygen atoms in total. The van der Waals surface area contributed by atoms with Gasteiger partial charge in [-0.3, -0.25) is 9.69 Å². The third-order valence-corrected chi connectivity index (χ3v) is 4.83. The van der Waals surface area contributed by atoms with Gasteiger partial charge in [0, 0.05) is 41.8 Å². The molecular formula is C22H26N2O2. The van der Waals surface area contributed by atoms with Gasteiger partial charge in [-0.15, -0.1) is 0 Å². The molecule has 136 valence electrons. The number of aliphatic hydroxyl groups is 1. The van der Waals surface area contributed by atoms with Crippen molar-refractivity contribution in [1.82, 2.24) is 9.88 Å². The smallest absolute Gasteiger partial charge is 0.194 e. The van der Waals surface area contributed by atoms with E-state index >= 15 is 0 Å². The zero-order chi connectivity index (χ0) is 18.5. The first-order chi connectivity index (χ1) is 12.6. The zero-order valence-corrected chi connectivity index (χ0v) is 15.5. The summed E-state index contributed by atoms with van der Waals surface area (Å²) in [4.78, 5) is 18.6. The number of aliphatic hydroxyl groups excluding tert-OH is 1. The van der Waals surface area contributed by atoms with Gasteiger partial charge in [0.1, 0.15) is 0 Å². The van der Waals surface area contributed by atoms with Crippen LogP contribution < -0.4 is 5.43 Å². The van der Waals surface area contributed by atoms with Crippen molar-refractivity contribution in [3.05, 3.63) is 81.1 Å². The Morgan fingerprint density at radius 1 is 1.04 bits per heavy atom. The maximum atomic E-state index is 13.1. The van der Waals surface area contributed by atoms with E-state index in [2.05, 4.69) is 35.0 Å². The average Bonchev–Trinajstić information content (AvgIpc) is 2.66. The third-order valence-electron chi connectivity index (χ3n) is 4.83. The Kier molecular flexibility index (Phi) is 5.86. The number of fused-ring (bicyclic) bond motifs is 1. The van der Waals surface area contributed by atoms with Crippen LogP contribution in [-0.4, -0.2) is 28.1 Å². The number of hydrogen-bond acceptors (Lipinski definition) is 3. The molecule has 0 bridgehead atoms. The van der Waals surface area contributed by atoms with Gasteiger partial charge in [0.25, 0.3) is 0 Å². The molecule has 0 radical (unpaired) electrons. The lowest BCUT2D eigenvalue weighted by Gasteiger charge is -2.22. The van der Waals surface area contributed by atoms with E-state index < -0.39 is 0 Å². The summed E-state index contributed by atoms with van der Waals surface area (Å²) >= 11 is 0. The highest BCUT2D eigenvalue weighted by Crippen LogP contribution is 2.16. The van der Waals surface area contributed by atoms with Gasteiger partial charge in [0.2, 0.25) is 0 Å². The van der Waals surface area contributed by atoms with Crippen molar-refractivity contribution in [3.8, 4) is 0 Å². The molecule has 0 saturated carbocycles. The van der Waals surface area contributed by atoms with E-state index in [1.807, 2.05) is 37.3 Å². The summed E-state index contributed by atoms with van der Waals surface area (Å²) in [6.45, 7) is 5.85. The van der Waals surface area contributed by atoms with Crippen LogP contribution in [0.15, 0.2) is 53.3 Å². The molecule has 4 heteroatoms. The first kappa shape index (κ1) is 18.4. The summed E-state index contributed by atoms with van der Waals surface area (Å²) in [7, 11) is 0. The van der Waals surface area contributed by atoms with Crippen LogP contribution in [0.5, 0.6) is 0 Å². The highest BCUT2D eigenvalue weighted by atomic mass is 16.3. The number of benzene rings is 2. The van der Waals surface area contributed by atoms with Gasteiger partial charge in [-0.1, -0.05) is 43.3 Å². The minimum Gasteiger partial charge on any atom is -0.395 e. The first-order valence-corrected chi connectivity index (χ1v) is 9.14. The lowest BCUT2D eigenvalue weighted by Crippen LogP contribution is -2.29. The summed E-state index contributed by atoms with van der Waals surface area (Å²) in [5.74, 6) is 0. The van der Waals surface area contributed by atoms with Crippen molar-refractivity contribution in [1.29, 1.82) is 0 Å². The molecule has 2 aromatic carbocycles. The predicted octanol–water partition coefficient (Wildman–Crippen LogP) is 3.39. The van der Waals surface area contributed by atoms with Crippen LogP contribution in [0.3, 0.4) is 0 Å². The molecule has 0 unspecified atom stereocenters. The van der Waals surface area contributed by atoms with E-state index in [0.717, 1.165) is 34.1 Å². The minimum absolute atomic E-state index is 0.0668. The van der Waals surface area contributed by atoms with Gasteiger partial charge in [-0.25, -0.2) is 0 Å². The Morgan fingerprint density at radius 2 is 1.81 bits per heavy atom. The number of pyridine rings is 1. The van der Waals surface area contributed by atoms with Crippen molar-refractivity contribution in [2.24, 2.45) is 0 Å². The van der Waals surface area contributed by atoms with E-state index in [1.54, 1.807) is 0 Å². The van der Waals surface area contributed by atoms with E-state index in [4.69, 9.17) is 0 Å². The SMILES string of the molecule is CCc1ccc2[nH]c(C)c(CN(CCO)Cc3ccccc3)c(=O)c2c1. The molecule has 0 aliphatic carbocycles. The van der Waals surface area contributed by atoms with E-state index in [9.17, 15) is 9.90 Å². The molecule has 3 rings (SSSR count). The van der Waals surface area contributed by atoms with Crippen LogP contribution in [0.4, 0.5) is 0 Å². The van der Waals surface area contributed by atoms with Gasteiger partial charge in [0.05, 0.1) is 6.61 Å². The van der Waals surface area contributed by atoms with Crippen molar-refractivity contribution in [3.63, 3.8) is 0 Å². The van der Waals surface area contributed by atoms with Crippen LogP contribution in [0.2, 0.25) is 0 Å². The van der Waals surface area contributed by atoms with Crippen molar-refractivity contribution >= 4 is 10.9 Å². The lowest BCUT2D eigenvalue weighted by molar-refractivity contribution is 0.183. The minimum atomic E-state index is 0.0668. The quantitative estimate of drug-likeness (QED) is 0.687. The topological polar surface area (TPSA) is 56.3 Å². The molecule has 1 aromatic heterocycles. The van der Waals surface area contributed by atoms with Gasteiger partial charge in [0.15, 0.2) is 5.43 Å². The fourth-order valence-electron chi connectivity index (χ4n) is 3.33. The largest absolute Gasteiger partial charge is 0.395 e. The predicted molar refractivity (Wildman–Crippen MR) is 106 cm³/mol. The maximum Gasteiger partial charge on any atom is 0.194 e.